The van der Waals surface area contributed by atoms with Gasteiger partial charge in [-0.1, -0.05) is 6.42 Å². The summed E-state index contributed by atoms with van der Waals surface area (Å²) in [6, 6.07) is 0. The molecule has 2 aliphatic rings. The molecule has 0 aromatic carbocycles. The van der Waals surface area contributed by atoms with Crippen molar-refractivity contribution in [3.05, 3.63) is 0 Å². The van der Waals surface area contributed by atoms with Crippen LogP contribution >= 0.6 is 0 Å². The minimum atomic E-state index is 0.238. The Bertz CT molecular complexity index is 183. The molecule has 3 heteroatoms. The normalized spacial score (nSPS) is 28.5. The molecule has 1 aliphatic carbocycles. The van der Waals surface area contributed by atoms with Gasteiger partial charge in [0.1, 0.15) is 0 Å². The highest BCUT2D eigenvalue weighted by Gasteiger charge is 2.26. The summed E-state index contributed by atoms with van der Waals surface area (Å²) < 4.78 is 5.42. The topological polar surface area (TPSA) is 38.3 Å². The standard InChI is InChI=1S/C10H17NO2/c12-10(8-3-1-4-8)11-7-9-5-2-6-13-9/h8-9H,1-7H2,(H,11,12)/t9-/m1/s1. The summed E-state index contributed by atoms with van der Waals surface area (Å²) in [5.41, 5.74) is 0. The Morgan fingerprint density at radius 1 is 1.31 bits per heavy atom. The van der Waals surface area contributed by atoms with Gasteiger partial charge in [0.2, 0.25) is 5.91 Å². The molecule has 13 heavy (non-hydrogen) atoms. The number of amides is 1. The van der Waals surface area contributed by atoms with Crippen LogP contribution in [-0.4, -0.2) is 25.2 Å². The van der Waals surface area contributed by atoms with Gasteiger partial charge in [-0.15, -0.1) is 0 Å². The molecule has 1 N–H and O–H groups in total. The maximum atomic E-state index is 11.4. The number of nitrogens with one attached hydrogen (secondary N) is 1. The number of hydrogen-bond acceptors (Lipinski definition) is 2. The first-order chi connectivity index (χ1) is 6.36. The highest BCUT2D eigenvalue weighted by Crippen LogP contribution is 2.26. The van der Waals surface area contributed by atoms with Gasteiger partial charge in [0.05, 0.1) is 6.10 Å². The van der Waals surface area contributed by atoms with Gasteiger partial charge in [-0.3, -0.25) is 4.79 Å². The van der Waals surface area contributed by atoms with Crippen LogP contribution in [0, 0.1) is 5.92 Å². The van der Waals surface area contributed by atoms with E-state index in [4.69, 9.17) is 4.74 Å². The molecule has 74 valence electrons. The molecule has 1 heterocycles. The van der Waals surface area contributed by atoms with E-state index in [0.29, 0.717) is 5.92 Å². The second kappa shape index (κ2) is 4.09. The van der Waals surface area contributed by atoms with E-state index in [9.17, 15) is 4.79 Å². The first-order valence-corrected chi connectivity index (χ1v) is 5.25. The Kier molecular flexibility index (Phi) is 2.83. The molecule has 0 aromatic heterocycles. The number of rotatable bonds is 3. The van der Waals surface area contributed by atoms with Gasteiger partial charge in [0, 0.05) is 19.1 Å². The minimum Gasteiger partial charge on any atom is -0.376 e. The molecule has 0 aromatic rings. The highest BCUT2D eigenvalue weighted by atomic mass is 16.5. The molecular weight excluding hydrogens is 166 g/mol. The van der Waals surface area contributed by atoms with E-state index < -0.39 is 0 Å². The number of ether oxygens (including phenoxy) is 1. The lowest BCUT2D eigenvalue weighted by molar-refractivity contribution is -0.127. The molecule has 3 nitrogen and oxygen atoms in total. The van der Waals surface area contributed by atoms with Crippen LogP contribution in [-0.2, 0) is 9.53 Å². The third kappa shape index (κ3) is 2.21. The predicted octanol–water partition coefficient (Wildman–Crippen LogP) is 1.08. The molecule has 0 spiro atoms. The zero-order valence-corrected chi connectivity index (χ0v) is 7.92. The predicted molar refractivity (Wildman–Crippen MR) is 49.3 cm³/mol. The fourth-order valence-electron chi connectivity index (χ4n) is 1.83. The highest BCUT2D eigenvalue weighted by molar-refractivity contribution is 5.79. The summed E-state index contributed by atoms with van der Waals surface area (Å²) in [4.78, 5) is 11.4. The van der Waals surface area contributed by atoms with E-state index in [-0.39, 0.29) is 12.0 Å². The van der Waals surface area contributed by atoms with Crippen molar-refractivity contribution in [3.8, 4) is 0 Å². The second-order valence-corrected chi connectivity index (χ2v) is 4.01. The van der Waals surface area contributed by atoms with E-state index in [2.05, 4.69) is 5.32 Å². The Balaban J connectivity index is 1.63. The third-order valence-corrected chi connectivity index (χ3v) is 3.00. The average Bonchev–Trinajstić information content (AvgIpc) is 2.49. The van der Waals surface area contributed by atoms with Crippen molar-refractivity contribution in [1.82, 2.24) is 5.32 Å². The largest absolute Gasteiger partial charge is 0.376 e. The van der Waals surface area contributed by atoms with Gasteiger partial charge in [0.25, 0.3) is 0 Å². The molecule has 1 saturated carbocycles. The maximum absolute atomic E-state index is 11.4. The lowest BCUT2D eigenvalue weighted by Gasteiger charge is -2.24. The van der Waals surface area contributed by atoms with Crippen LogP contribution in [0.5, 0.6) is 0 Å². The summed E-state index contributed by atoms with van der Waals surface area (Å²) in [6.07, 6.45) is 5.91. The first kappa shape index (κ1) is 9.00. The smallest absolute Gasteiger partial charge is 0.223 e. The molecule has 0 unspecified atom stereocenters. The quantitative estimate of drug-likeness (QED) is 0.711. The Morgan fingerprint density at radius 3 is 2.69 bits per heavy atom. The van der Waals surface area contributed by atoms with E-state index in [1.165, 1.54) is 6.42 Å². The van der Waals surface area contributed by atoms with E-state index >= 15 is 0 Å². The van der Waals surface area contributed by atoms with Crippen LogP contribution in [0.1, 0.15) is 32.1 Å². The van der Waals surface area contributed by atoms with Crippen LogP contribution in [0.3, 0.4) is 0 Å². The van der Waals surface area contributed by atoms with Crippen molar-refractivity contribution >= 4 is 5.91 Å². The molecule has 1 amide bonds. The second-order valence-electron chi connectivity index (χ2n) is 4.01. The zero-order chi connectivity index (χ0) is 9.10. The minimum absolute atomic E-state index is 0.238. The summed E-state index contributed by atoms with van der Waals surface area (Å²) >= 11 is 0. The molecule has 0 bridgehead atoms. The summed E-state index contributed by atoms with van der Waals surface area (Å²) in [7, 11) is 0. The van der Waals surface area contributed by atoms with Crippen LogP contribution in [0.4, 0.5) is 0 Å². The average molecular weight is 183 g/mol. The lowest BCUT2D eigenvalue weighted by atomic mass is 9.85. The van der Waals surface area contributed by atoms with E-state index in [1.807, 2.05) is 0 Å². The fraction of sp³-hybridized carbons (Fsp3) is 0.900. The first-order valence-electron chi connectivity index (χ1n) is 5.25. The van der Waals surface area contributed by atoms with Crippen molar-refractivity contribution in [2.24, 2.45) is 5.92 Å². The Morgan fingerprint density at radius 2 is 2.15 bits per heavy atom. The maximum Gasteiger partial charge on any atom is 0.223 e. The van der Waals surface area contributed by atoms with Crippen LogP contribution in [0.25, 0.3) is 0 Å². The van der Waals surface area contributed by atoms with Crippen molar-refractivity contribution in [2.75, 3.05) is 13.2 Å². The SMILES string of the molecule is O=C(NC[C@H]1CCCO1)C1CCC1. The molecule has 2 fully saturated rings. The summed E-state index contributed by atoms with van der Waals surface area (Å²) in [5, 5.41) is 2.96. The van der Waals surface area contributed by atoms with E-state index in [1.54, 1.807) is 0 Å². The van der Waals surface area contributed by atoms with Crippen molar-refractivity contribution in [1.29, 1.82) is 0 Å². The van der Waals surface area contributed by atoms with Gasteiger partial charge in [-0.2, -0.15) is 0 Å². The number of carbonyl (C=O) groups is 1. The van der Waals surface area contributed by atoms with Gasteiger partial charge in [0.15, 0.2) is 0 Å². The third-order valence-electron chi connectivity index (χ3n) is 3.00. The van der Waals surface area contributed by atoms with E-state index in [0.717, 1.165) is 38.8 Å². The van der Waals surface area contributed by atoms with Gasteiger partial charge < -0.3 is 10.1 Å². The van der Waals surface area contributed by atoms with Crippen molar-refractivity contribution in [2.45, 2.75) is 38.2 Å². The molecule has 2 rings (SSSR count). The molecular formula is C10H17NO2. The Labute approximate surface area is 78.8 Å². The number of hydrogen-bond donors (Lipinski definition) is 1. The van der Waals surface area contributed by atoms with Crippen molar-refractivity contribution in [3.63, 3.8) is 0 Å². The molecule has 1 atom stereocenters. The van der Waals surface area contributed by atoms with Gasteiger partial charge in [-0.25, -0.2) is 0 Å². The lowest BCUT2D eigenvalue weighted by Crippen LogP contribution is -2.38. The zero-order valence-electron chi connectivity index (χ0n) is 7.92. The molecule has 1 saturated heterocycles. The molecule has 0 radical (unpaired) electrons. The Hall–Kier alpha value is -0.570. The number of carbonyl (C=O) groups excluding carboxylic acids is 1. The summed E-state index contributed by atoms with van der Waals surface area (Å²) in [6.45, 7) is 1.58. The van der Waals surface area contributed by atoms with Gasteiger partial charge in [-0.05, 0) is 25.7 Å². The van der Waals surface area contributed by atoms with Crippen molar-refractivity contribution < 1.29 is 9.53 Å². The van der Waals surface area contributed by atoms with Crippen LogP contribution in [0.2, 0.25) is 0 Å². The van der Waals surface area contributed by atoms with Gasteiger partial charge >= 0.3 is 0 Å². The van der Waals surface area contributed by atoms with Crippen LogP contribution in [0.15, 0.2) is 0 Å². The van der Waals surface area contributed by atoms with Crippen LogP contribution < -0.4 is 5.32 Å². The monoisotopic (exact) mass is 183 g/mol. The molecule has 1 aliphatic heterocycles. The summed E-state index contributed by atoms with van der Waals surface area (Å²) in [5.74, 6) is 0.545. The fourth-order valence-corrected chi connectivity index (χ4v) is 1.83.